The molecule has 3 aromatic rings. The van der Waals surface area contributed by atoms with E-state index < -0.39 is 0 Å². The standard InChI is InChI=1S/C29H31N3O3/c1-4-21-12-8-9-20(2)29(21)30-27(33)17-18-28(34)32-26(23-13-15-24(35-3)16-14-23)19-25(31-32)22-10-6-5-7-11-22/h5-16,26H,4,17-19H2,1-3H3,(H,30,33)/t26-/m0/s1. The first-order valence-corrected chi connectivity index (χ1v) is 12.0. The van der Waals surface area contributed by atoms with E-state index in [0.29, 0.717) is 6.42 Å². The fourth-order valence-corrected chi connectivity index (χ4v) is 4.37. The largest absolute Gasteiger partial charge is 0.497 e. The van der Waals surface area contributed by atoms with Crippen molar-refractivity contribution >= 4 is 23.2 Å². The molecule has 6 heteroatoms. The lowest BCUT2D eigenvalue weighted by atomic mass is 9.98. The van der Waals surface area contributed by atoms with E-state index in [0.717, 1.165) is 45.8 Å². The molecule has 4 rings (SSSR count). The molecule has 0 saturated carbocycles. The molecule has 1 aliphatic rings. The highest BCUT2D eigenvalue weighted by molar-refractivity contribution is 6.03. The van der Waals surface area contributed by atoms with Crippen molar-refractivity contribution in [1.29, 1.82) is 0 Å². The number of benzene rings is 3. The molecule has 180 valence electrons. The lowest BCUT2D eigenvalue weighted by molar-refractivity contribution is -0.134. The minimum atomic E-state index is -0.227. The third kappa shape index (κ3) is 5.60. The van der Waals surface area contributed by atoms with Crippen LogP contribution in [0, 0.1) is 6.92 Å². The molecule has 1 N–H and O–H groups in total. The second-order valence-corrected chi connectivity index (χ2v) is 8.65. The average Bonchev–Trinajstić information content (AvgIpc) is 3.35. The Balaban J connectivity index is 1.49. The van der Waals surface area contributed by atoms with Crippen LogP contribution in [0.1, 0.15) is 54.5 Å². The maximum absolute atomic E-state index is 13.3. The van der Waals surface area contributed by atoms with Gasteiger partial charge in [0.2, 0.25) is 11.8 Å². The number of aryl methyl sites for hydroxylation is 2. The lowest BCUT2D eigenvalue weighted by Gasteiger charge is -2.22. The Bertz CT molecular complexity index is 1220. The second-order valence-electron chi connectivity index (χ2n) is 8.65. The van der Waals surface area contributed by atoms with Gasteiger partial charge in [-0.3, -0.25) is 9.59 Å². The van der Waals surface area contributed by atoms with Crippen LogP contribution in [0.2, 0.25) is 0 Å². The van der Waals surface area contributed by atoms with Gasteiger partial charge in [-0.05, 0) is 47.7 Å². The third-order valence-corrected chi connectivity index (χ3v) is 6.34. The number of nitrogens with one attached hydrogen (secondary N) is 1. The fourth-order valence-electron chi connectivity index (χ4n) is 4.37. The summed E-state index contributed by atoms with van der Waals surface area (Å²) in [4.78, 5) is 26.0. The topological polar surface area (TPSA) is 71.0 Å². The smallest absolute Gasteiger partial charge is 0.243 e. The van der Waals surface area contributed by atoms with Crippen LogP contribution in [0.3, 0.4) is 0 Å². The quantitative estimate of drug-likeness (QED) is 0.463. The predicted octanol–water partition coefficient (Wildman–Crippen LogP) is 5.66. The minimum Gasteiger partial charge on any atom is -0.497 e. The minimum absolute atomic E-state index is 0.0808. The zero-order valence-electron chi connectivity index (χ0n) is 20.5. The molecule has 0 bridgehead atoms. The van der Waals surface area contributed by atoms with E-state index >= 15 is 0 Å². The van der Waals surface area contributed by atoms with Crippen LogP contribution >= 0.6 is 0 Å². The molecule has 0 spiro atoms. The third-order valence-electron chi connectivity index (χ3n) is 6.34. The number of anilines is 1. The molecule has 3 aromatic carbocycles. The molecule has 1 atom stereocenters. The van der Waals surface area contributed by atoms with Crippen LogP contribution < -0.4 is 10.1 Å². The van der Waals surface area contributed by atoms with E-state index in [1.807, 2.05) is 79.7 Å². The fraction of sp³-hybridized carbons (Fsp3) is 0.276. The van der Waals surface area contributed by atoms with Crippen LogP contribution in [0.4, 0.5) is 5.69 Å². The zero-order chi connectivity index (χ0) is 24.8. The van der Waals surface area contributed by atoms with E-state index in [-0.39, 0.29) is 30.7 Å². The predicted molar refractivity (Wildman–Crippen MR) is 139 cm³/mol. The molecule has 0 aliphatic carbocycles. The summed E-state index contributed by atoms with van der Waals surface area (Å²) < 4.78 is 5.28. The number of carbonyl (C=O) groups is 2. The summed E-state index contributed by atoms with van der Waals surface area (Å²) in [6.45, 7) is 4.03. The number of nitrogens with zero attached hydrogens (tertiary/aromatic N) is 2. The number of hydrogen-bond donors (Lipinski definition) is 1. The van der Waals surface area contributed by atoms with Crippen LogP contribution in [-0.2, 0) is 16.0 Å². The van der Waals surface area contributed by atoms with Crippen molar-refractivity contribution in [1.82, 2.24) is 5.01 Å². The first-order valence-electron chi connectivity index (χ1n) is 12.0. The SMILES string of the molecule is CCc1cccc(C)c1NC(=O)CCC(=O)N1N=C(c2ccccc2)C[C@H]1c1ccc(OC)cc1. The Morgan fingerprint density at radius 3 is 2.43 bits per heavy atom. The van der Waals surface area contributed by atoms with Crippen molar-refractivity contribution < 1.29 is 14.3 Å². The van der Waals surface area contributed by atoms with Gasteiger partial charge in [-0.15, -0.1) is 0 Å². The number of para-hydroxylation sites is 1. The Kier molecular flexibility index (Phi) is 7.60. The molecule has 0 unspecified atom stereocenters. The van der Waals surface area contributed by atoms with Crippen molar-refractivity contribution in [2.24, 2.45) is 5.10 Å². The number of amides is 2. The molecule has 1 aliphatic heterocycles. The van der Waals surface area contributed by atoms with Gasteiger partial charge in [0.25, 0.3) is 0 Å². The molecule has 35 heavy (non-hydrogen) atoms. The first kappa shape index (κ1) is 24.2. The van der Waals surface area contributed by atoms with Crippen LogP contribution in [0.25, 0.3) is 0 Å². The first-order chi connectivity index (χ1) is 17.0. The highest BCUT2D eigenvalue weighted by Crippen LogP contribution is 2.34. The number of ether oxygens (including phenoxy) is 1. The van der Waals surface area contributed by atoms with Crippen molar-refractivity contribution in [3.63, 3.8) is 0 Å². The summed E-state index contributed by atoms with van der Waals surface area (Å²) in [5.74, 6) is 0.412. The summed E-state index contributed by atoms with van der Waals surface area (Å²) in [6.07, 6.45) is 1.61. The van der Waals surface area contributed by atoms with E-state index in [4.69, 9.17) is 9.84 Å². The van der Waals surface area contributed by atoms with Gasteiger partial charge in [0.05, 0.1) is 18.9 Å². The summed E-state index contributed by atoms with van der Waals surface area (Å²) in [7, 11) is 1.63. The van der Waals surface area contributed by atoms with Gasteiger partial charge in [-0.1, -0.05) is 67.6 Å². The van der Waals surface area contributed by atoms with Gasteiger partial charge in [0.15, 0.2) is 0 Å². The van der Waals surface area contributed by atoms with E-state index in [9.17, 15) is 9.59 Å². The van der Waals surface area contributed by atoms with Crippen molar-refractivity contribution in [3.05, 3.63) is 95.1 Å². The maximum Gasteiger partial charge on any atom is 0.243 e. The monoisotopic (exact) mass is 469 g/mol. The summed E-state index contributed by atoms with van der Waals surface area (Å²) >= 11 is 0. The molecule has 0 aromatic heterocycles. The van der Waals surface area contributed by atoms with Gasteiger partial charge in [-0.25, -0.2) is 5.01 Å². The highest BCUT2D eigenvalue weighted by Gasteiger charge is 2.33. The van der Waals surface area contributed by atoms with E-state index in [1.165, 1.54) is 0 Å². The number of carbonyl (C=O) groups excluding carboxylic acids is 2. The molecule has 0 radical (unpaired) electrons. The molecule has 0 fully saturated rings. The molecule has 0 saturated heterocycles. The Morgan fingerprint density at radius 2 is 1.74 bits per heavy atom. The van der Waals surface area contributed by atoms with Crippen LogP contribution in [-0.4, -0.2) is 29.6 Å². The lowest BCUT2D eigenvalue weighted by Crippen LogP contribution is -2.28. The summed E-state index contributed by atoms with van der Waals surface area (Å²) in [6, 6.07) is 23.3. The van der Waals surface area contributed by atoms with Gasteiger partial charge in [0.1, 0.15) is 5.75 Å². The maximum atomic E-state index is 13.3. The van der Waals surface area contributed by atoms with Gasteiger partial charge >= 0.3 is 0 Å². The number of methoxy groups -OCH3 is 1. The average molecular weight is 470 g/mol. The molecule has 6 nitrogen and oxygen atoms in total. The summed E-state index contributed by atoms with van der Waals surface area (Å²) in [5, 5.41) is 9.25. The molecular weight excluding hydrogens is 438 g/mol. The van der Waals surface area contributed by atoms with Crippen molar-refractivity contribution in [2.45, 2.75) is 45.6 Å². The Morgan fingerprint density at radius 1 is 1.00 bits per heavy atom. The summed E-state index contributed by atoms with van der Waals surface area (Å²) in [5.41, 5.74) is 5.77. The molecule has 2 amide bonds. The second kappa shape index (κ2) is 11.0. The van der Waals surface area contributed by atoms with Crippen LogP contribution in [0.5, 0.6) is 5.75 Å². The molecule has 1 heterocycles. The molecular formula is C29H31N3O3. The van der Waals surface area contributed by atoms with Gasteiger partial charge < -0.3 is 10.1 Å². The number of hydrogen-bond acceptors (Lipinski definition) is 4. The van der Waals surface area contributed by atoms with Gasteiger partial charge in [-0.2, -0.15) is 5.10 Å². The van der Waals surface area contributed by atoms with Crippen molar-refractivity contribution in [2.75, 3.05) is 12.4 Å². The Hall–Kier alpha value is -3.93. The normalized spacial score (nSPS) is 15.0. The van der Waals surface area contributed by atoms with E-state index in [2.05, 4.69) is 12.2 Å². The van der Waals surface area contributed by atoms with Crippen LogP contribution in [0.15, 0.2) is 77.9 Å². The zero-order valence-corrected chi connectivity index (χ0v) is 20.5. The number of rotatable bonds is 8. The van der Waals surface area contributed by atoms with E-state index in [1.54, 1.807) is 12.1 Å². The highest BCUT2D eigenvalue weighted by atomic mass is 16.5. The number of hydrazone groups is 1. The van der Waals surface area contributed by atoms with Crippen molar-refractivity contribution in [3.8, 4) is 5.75 Å². The van der Waals surface area contributed by atoms with Gasteiger partial charge in [0, 0.05) is 24.9 Å². The Labute approximate surface area is 206 Å².